The van der Waals surface area contributed by atoms with Crippen molar-refractivity contribution >= 4 is 58.6 Å². The van der Waals surface area contributed by atoms with Crippen LogP contribution in [0.15, 0.2) is 18.2 Å². The number of hydrogen-bond acceptors (Lipinski definition) is 8. The first-order valence-electron chi connectivity index (χ1n) is 7.87. The number of anilines is 1. The monoisotopic (exact) mass is 431 g/mol. The van der Waals surface area contributed by atoms with Gasteiger partial charge in [0, 0.05) is 20.8 Å². The first-order chi connectivity index (χ1) is 13.0. The first-order valence-corrected chi connectivity index (χ1v) is 8.63. The summed E-state index contributed by atoms with van der Waals surface area (Å²) in [4.78, 5) is 60.9. The van der Waals surface area contributed by atoms with Crippen LogP contribution in [0.1, 0.15) is 20.8 Å². The van der Waals surface area contributed by atoms with Crippen LogP contribution in [0.4, 0.5) is 5.69 Å². The number of nitrogens with zero attached hydrogens (tertiary/aromatic N) is 1. The van der Waals surface area contributed by atoms with Crippen molar-refractivity contribution in [2.24, 2.45) is 0 Å². The van der Waals surface area contributed by atoms with Gasteiger partial charge in [-0.3, -0.25) is 24.0 Å². The Balaban J connectivity index is 2.57. The second-order valence-electron chi connectivity index (χ2n) is 5.74. The zero-order valence-corrected chi connectivity index (χ0v) is 16.4. The second kappa shape index (κ2) is 8.57. The zero-order valence-electron chi connectivity index (χ0n) is 14.9. The van der Waals surface area contributed by atoms with E-state index < -0.39 is 48.0 Å². The van der Waals surface area contributed by atoms with Crippen LogP contribution in [0.3, 0.4) is 0 Å². The molecule has 0 aromatic heterocycles. The highest BCUT2D eigenvalue weighted by Gasteiger charge is 2.54. The maximum atomic E-state index is 12.9. The number of amides is 2. The van der Waals surface area contributed by atoms with E-state index in [0.29, 0.717) is 4.90 Å². The molecule has 1 aromatic rings. The highest BCUT2D eigenvalue weighted by atomic mass is 35.5. The third-order valence-electron chi connectivity index (χ3n) is 3.57. The van der Waals surface area contributed by atoms with Gasteiger partial charge in [0.05, 0.1) is 15.7 Å². The van der Waals surface area contributed by atoms with Gasteiger partial charge in [0.25, 0.3) is 11.8 Å². The van der Waals surface area contributed by atoms with E-state index in [4.69, 9.17) is 37.4 Å². The Bertz CT molecular complexity index is 820. The van der Waals surface area contributed by atoms with E-state index in [9.17, 15) is 24.0 Å². The molecule has 2 atom stereocenters. The fraction of sp³-hybridized carbons (Fsp3) is 0.353. The lowest BCUT2D eigenvalue weighted by molar-refractivity contribution is -0.191. The molecule has 1 aliphatic rings. The number of esters is 3. The molecule has 1 aliphatic heterocycles. The van der Waals surface area contributed by atoms with Gasteiger partial charge in [-0.25, -0.2) is 4.90 Å². The quantitative estimate of drug-likeness (QED) is 0.401. The van der Waals surface area contributed by atoms with Crippen molar-refractivity contribution in [3.63, 3.8) is 0 Å². The van der Waals surface area contributed by atoms with Crippen LogP contribution in [0.2, 0.25) is 10.0 Å². The SMILES string of the molecule is CC(=O)OC1C(=O)N(c2ccc(Cl)c(Cl)c2)C(=O)C(OC(C)=O)C1OC(C)=O. The number of benzene rings is 1. The Labute approximate surface area is 169 Å². The number of carbonyl (C=O) groups excluding carboxylic acids is 5. The number of ether oxygens (including phenoxy) is 3. The summed E-state index contributed by atoms with van der Waals surface area (Å²) in [6.07, 6.45) is -5.10. The Morgan fingerprint density at radius 2 is 1.29 bits per heavy atom. The number of hydrogen-bond donors (Lipinski definition) is 0. The van der Waals surface area contributed by atoms with Gasteiger partial charge in [0.1, 0.15) is 0 Å². The molecule has 1 aromatic carbocycles. The van der Waals surface area contributed by atoms with Gasteiger partial charge in [0.15, 0.2) is 6.10 Å². The van der Waals surface area contributed by atoms with E-state index in [2.05, 4.69) is 0 Å². The van der Waals surface area contributed by atoms with E-state index in [1.807, 2.05) is 0 Å². The molecule has 2 unspecified atom stereocenters. The molecule has 0 bridgehead atoms. The predicted octanol–water partition coefficient (Wildman–Crippen LogP) is 1.66. The molecule has 2 rings (SSSR count). The van der Waals surface area contributed by atoms with Gasteiger partial charge in [-0.15, -0.1) is 0 Å². The molecule has 9 nitrogen and oxygen atoms in total. The molecule has 1 fully saturated rings. The van der Waals surface area contributed by atoms with Gasteiger partial charge >= 0.3 is 17.9 Å². The number of halogens is 2. The minimum absolute atomic E-state index is 0.0000194. The summed E-state index contributed by atoms with van der Waals surface area (Å²) in [6, 6.07) is 3.91. The van der Waals surface area contributed by atoms with Gasteiger partial charge in [-0.1, -0.05) is 23.2 Å². The molecule has 11 heteroatoms. The van der Waals surface area contributed by atoms with Crippen LogP contribution >= 0.6 is 23.2 Å². The van der Waals surface area contributed by atoms with Crippen LogP contribution < -0.4 is 4.90 Å². The average molecular weight is 432 g/mol. The maximum Gasteiger partial charge on any atom is 0.303 e. The molecule has 0 N–H and O–H groups in total. The largest absolute Gasteiger partial charge is 0.453 e. The van der Waals surface area contributed by atoms with Crippen molar-refractivity contribution in [1.29, 1.82) is 0 Å². The number of carbonyl (C=O) groups is 5. The van der Waals surface area contributed by atoms with Crippen LogP contribution in [0, 0.1) is 0 Å². The van der Waals surface area contributed by atoms with E-state index in [0.717, 1.165) is 20.8 Å². The number of piperidine rings is 1. The normalized spacial score (nSPS) is 21.9. The summed E-state index contributed by atoms with van der Waals surface area (Å²) in [5.74, 6) is -4.63. The summed E-state index contributed by atoms with van der Waals surface area (Å²) < 4.78 is 14.9. The summed E-state index contributed by atoms with van der Waals surface area (Å²) in [5.41, 5.74) is -0.0000194. The average Bonchev–Trinajstić information content (AvgIpc) is 2.57. The Morgan fingerprint density at radius 1 is 0.821 bits per heavy atom. The van der Waals surface area contributed by atoms with Crippen molar-refractivity contribution in [3.8, 4) is 0 Å². The molecule has 1 saturated heterocycles. The molecule has 0 radical (unpaired) electrons. The van der Waals surface area contributed by atoms with Gasteiger partial charge in [0.2, 0.25) is 12.2 Å². The molecule has 28 heavy (non-hydrogen) atoms. The van der Waals surface area contributed by atoms with Crippen LogP contribution in [0.5, 0.6) is 0 Å². The second-order valence-corrected chi connectivity index (χ2v) is 6.56. The molecular weight excluding hydrogens is 417 g/mol. The number of imide groups is 1. The van der Waals surface area contributed by atoms with Crippen molar-refractivity contribution in [3.05, 3.63) is 28.2 Å². The van der Waals surface area contributed by atoms with Crippen molar-refractivity contribution in [1.82, 2.24) is 0 Å². The van der Waals surface area contributed by atoms with Gasteiger partial charge in [-0.2, -0.15) is 0 Å². The summed E-state index contributed by atoms with van der Waals surface area (Å²) >= 11 is 11.8. The minimum Gasteiger partial charge on any atom is -0.453 e. The molecule has 150 valence electrons. The highest BCUT2D eigenvalue weighted by Crippen LogP contribution is 2.32. The third kappa shape index (κ3) is 4.60. The van der Waals surface area contributed by atoms with Crippen molar-refractivity contribution in [2.45, 2.75) is 39.1 Å². The summed E-state index contributed by atoms with van der Waals surface area (Å²) in [5, 5.41) is 0.225. The van der Waals surface area contributed by atoms with E-state index in [1.54, 1.807) is 0 Å². The maximum absolute atomic E-state index is 12.9. The zero-order chi connectivity index (χ0) is 21.2. The topological polar surface area (TPSA) is 116 Å². The molecular formula is C17H15Cl2NO8. The number of rotatable bonds is 4. The smallest absolute Gasteiger partial charge is 0.303 e. The van der Waals surface area contributed by atoms with Crippen molar-refractivity contribution in [2.75, 3.05) is 4.90 Å². The lowest BCUT2D eigenvalue weighted by Crippen LogP contribution is -2.65. The minimum atomic E-state index is -1.72. The third-order valence-corrected chi connectivity index (χ3v) is 4.31. The molecule has 2 amide bonds. The van der Waals surface area contributed by atoms with Gasteiger partial charge in [-0.05, 0) is 18.2 Å². The lowest BCUT2D eigenvalue weighted by Gasteiger charge is -2.39. The van der Waals surface area contributed by atoms with Crippen LogP contribution in [-0.4, -0.2) is 48.0 Å². The molecule has 0 aliphatic carbocycles. The lowest BCUT2D eigenvalue weighted by atomic mass is 9.98. The van der Waals surface area contributed by atoms with Crippen molar-refractivity contribution < 1.29 is 38.2 Å². The summed E-state index contributed by atoms with van der Waals surface area (Å²) in [6.45, 7) is 3.08. The van der Waals surface area contributed by atoms with E-state index in [-0.39, 0.29) is 15.7 Å². The van der Waals surface area contributed by atoms with E-state index in [1.165, 1.54) is 18.2 Å². The van der Waals surface area contributed by atoms with E-state index >= 15 is 0 Å². The molecule has 1 heterocycles. The highest BCUT2D eigenvalue weighted by molar-refractivity contribution is 6.42. The van der Waals surface area contributed by atoms with Crippen LogP contribution in [-0.2, 0) is 38.2 Å². The van der Waals surface area contributed by atoms with Gasteiger partial charge < -0.3 is 14.2 Å². The molecule has 0 spiro atoms. The Kier molecular flexibility index (Phi) is 6.63. The fourth-order valence-corrected chi connectivity index (χ4v) is 2.88. The standard InChI is InChI=1S/C17H15Cl2NO8/c1-7(21)26-13-14(27-8(2)22)16(24)20(17(25)15(13)28-9(3)23)10-4-5-11(18)12(19)6-10/h4-6,13-15H,1-3H3. The van der Waals surface area contributed by atoms with Crippen LogP contribution in [0.25, 0.3) is 0 Å². The Morgan fingerprint density at radius 3 is 1.68 bits per heavy atom. The fourth-order valence-electron chi connectivity index (χ4n) is 2.59. The summed E-state index contributed by atoms with van der Waals surface area (Å²) in [7, 11) is 0. The predicted molar refractivity (Wildman–Crippen MR) is 95.6 cm³/mol. The molecule has 0 saturated carbocycles. The Hall–Kier alpha value is -2.65. The first kappa shape index (κ1) is 21.6.